The summed E-state index contributed by atoms with van der Waals surface area (Å²) < 4.78 is 0. The largest absolute Gasteiger partial charge is 0.0745 e. The Morgan fingerprint density at radius 3 is 2.18 bits per heavy atom. The van der Waals surface area contributed by atoms with Gasteiger partial charge in [0.1, 0.15) is 0 Å². The van der Waals surface area contributed by atoms with E-state index in [2.05, 4.69) is 39.8 Å². The van der Waals surface area contributed by atoms with Crippen LogP contribution in [0.15, 0.2) is 23.3 Å². The van der Waals surface area contributed by atoms with E-state index in [1.165, 1.54) is 12.8 Å². The second-order valence-corrected chi connectivity index (χ2v) is 3.77. The Morgan fingerprint density at radius 1 is 1.18 bits per heavy atom. The lowest BCUT2D eigenvalue weighted by molar-refractivity contribution is 0.566. The summed E-state index contributed by atoms with van der Waals surface area (Å²) in [6, 6.07) is 0. The van der Waals surface area contributed by atoms with Crippen molar-refractivity contribution in [3.63, 3.8) is 0 Å². The maximum absolute atomic E-state index is 2.32. The Bertz CT molecular complexity index is 204. The summed E-state index contributed by atoms with van der Waals surface area (Å²) in [4.78, 5) is 0. The zero-order chi connectivity index (χ0) is 8.48. The molecule has 1 rings (SSSR count). The van der Waals surface area contributed by atoms with Crippen molar-refractivity contribution >= 4 is 0 Å². The number of allylic oxidation sites excluding steroid dienone is 4. The molecule has 0 unspecified atom stereocenters. The van der Waals surface area contributed by atoms with Gasteiger partial charge in [0.15, 0.2) is 0 Å². The average Bonchev–Trinajstić information content (AvgIpc) is 2.24. The lowest BCUT2D eigenvalue weighted by Gasteiger charge is -2.20. The number of hydrogen-bond donors (Lipinski definition) is 0. The van der Waals surface area contributed by atoms with Crippen LogP contribution in [0.25, 0.3) is 0 Å². The first kappa shape index (κ1) is 8.58. The quantitative estimate of drug-likeness (QED) is 0.563. The molecular weight excluding hydrogens is 132 g/mol. The molecule has 0 aliphatic heterocycles. The maximum atomic E-state index is 2.32. The van der Waals surface area contributed by atoms with Crippen LogP contribution in [0.2, 0.25) is 0 Å². The van der Waals surface area contributed by atoms with Crippen LogP contribution >= 0.6 is 0 Å². The standard InChI is InChI=1S/C11H18/c1-5-9-7-8-11(3,4)10(9)6-2/h7-8H,5-6H2,1-4H3. The molecule has 0 fully saturated rings. The van der Waals surface area contributed by atoms with E-state index < -0.39 is 0 Å². The molecule has 0 nitrogen and oxygen atoms in total. The molecular formula is C11H18. The van der Waals surface area contributed by atoms with Crippen LogP contribution in [-0.4, -0.2) is 0 Å². The molecule has 0 N–H and O–H groups in total. The minimum atomic E-state index is 0.333. The van der Waals surface area contributed by atoms with Crippen LogP contribution in [-0.2, 0) is 0 Å². The molecule has 0 saturated heterocycles. The van der Waals surface area contributed by atoms with Crippen molar-refractivity contribution in [2.24, 2.45) is 5.41 Å². The van der Waals surface area contributed by atoms with Gasteiger partial charge in [0, 0.05) is 5.41 Å². The molecule has 0 radical (unpaired) electrons. The van der Waals surface area contributed by atoms with Crippen LogP contribution in [0.1, 0.15) is 40.5 Å². The summed E-state index contributed by atoms with van der Waals surface area (Å²) in [5, 5.41) is 0. The summed E-state index contributed by atoms with van der Waals surface area (Å²) in [5.74, 6) is 0. The number of hydrogen-bond acceptors (Lipinski definition) is 0. The van der Waals surface area contributed by atoms with Crippen molar-refractivity contribution in [3.8, 4) is 0 Å². The first-order valence-corrected chi connectivity index (χ1v) is 4.53. The lowest BCUT2D eigenvalue weighted by atomic mass is 9.84. The van der Waals surface area contributed by atoms with Crippen molar-refractivity contribution in [2.75, 3.05) is 0 Å². The topological polar surface area (TPSA) is 0 Å². The molecule has 0 saturated carbocycles. The van der Waals surface area contributed by atoms with E-state index in [0.717, 1.165) is 0 Å². The fourth-order valence-corrected chi connectivity index (χ4v) is 1.94. The van der Waals surface area contributed by atoms with Gasteiger partial charge in [-0.05, 0) is 18.4 Å². The highest BCUT2D eigenvalue weighted by Gasteiger charge is 2.24. The third-order valence-electron chi connectivity index (χ3n) is 2.60. The summed E-state index contributed by atoms with van der Waals surface area (Å²) in [6.45, 7) is 9.08. The van der Waals surface area contributed by atoms with Gasteiger partial charge in [-0.1, -0.05) is 45.4 Å². The molecule has 62 valence electrons. The minimum Gasteiger partial charge on any atom is -0.0745 e. The van der Waals surface area contributed by atoms with Crippen LogP contribution in [0.3, 0.4) is 0 Å². The van der Waals surface area contributed by atoms with Gasteiger partial charge < -0.3 is 0 Å². The minimum absolute atomic E-state index is 0.333. The zero-order valence-corrected chi connectivity index (χ0v) is 8.07. The van der Waals surface area contributed by atoms with E-state index in [4.69, 9.17) is 0 Å². The molecule has 11 heavy (non-hydrogen) atoms. The molecule has 0 aromatic carbocycles. The highest BCUT2D eigenvalue weighted by molar-refractivity contribution is 5.39. The van der Waals surface area contributed by atoms with Gasteiger partial charge in [-0.3, -0.25) is 0 Å². The highest BCUT2D eigenvalue weighted by atomic mass is 14.3. The SMILES string of the molecule is CCC1=C(CC)C(C)(C)C=C1. The third-order valence-corrected chi connectivity index (χ3v) is 2.60. The van der Waals surface area contributed by atoms with Gasteiger partial charge in [0.05, 0.1) is 0 Å². The van der Waals surface area contributed by atoms with Gasteiger partial charge in [-0.25, -0.2) is 0 Å². The van der Waals surface area contributed by atoms with E-state index in [1.807, 2.05) is 0 Å². The van der Waals surface area contributed by atoms with Gasteiger partial charge in [-0.2, -0.15) is 0 Å². The van der Waals surface area contributed by atoms with Gasteiger partial charge in [0.2, 0.25) is 0 Å². The molecule has 0 aromatic heterocycles. The maximum Gasteiger partial charge on any atom is 0.00431 e. The van der Waals surface area contributed by atoms with Gasteiger partial charge in [-0.15, -0.1) is 0 Å². The Balaban J connectivity index is 2.96. The zero-order valence-electron chi connectivity index (χ0n) is 8.07. The van der Waals surface area contributed by atoms with Crippen molar-refractivity contribution < 1.29 is 0 Å². The predicted molar refractivity (Wildman–Crippen MR) is 50.5 cm³/mol. The molecule has 1 aliphatic carbocycles. The second-order valence-electron chi connectivity index (χ2n) is 3.77. The molecule has 0 spiro atoms. The Hall–Kier alpha value is -0.520. The van der Waals surface area contributed by atoms with E-state index in [1.54, 1.807) is 11.1 Å². The predicted octanol–water partition coefficient (Wildman–Crippen LogP) is 3.70. The first-order valence-electron chi connectivity index (χ1n) is 4.53. The van der Waals surface area contributed by atoms with Gasteiger partial charge in [0.25, 0.3) is 0 Å². The summed E-state index contributed by atoms with van der Waals surface area (Å²) in [6.07, 6.45) is 7.00. The molecule has 0 bridgehead atoms. The van der Waals surface area contributed by atoms with Crippen LogP contribution in [0.4, 0.5) is 0 Å². The van der Waals surface area contributed by atoms with E-state index >= 15 is 0 Å². The smallest absolute Gasteiger partial charge is 0.00431 e. The fourth-order valence-electron chi connectivity index (χ4n) is 1.94. The molecule has 0 atom stereocenters. The van der Waals surface area contributed by atoms with Crippen molar-refractivity contribution in [1.29, 1.82) is 0 Å². The molecule has 0 amide bonds. The van der Waals surface area contributed by atoms with Crippen LogP contribution < -0.4 is 0 Å². The van der Waals surface area contributed by atoms with E-state index in [9.17, 15) is 0 Å². The number of rotatable bonds is 2. The summed E-state index contributed by atoms with van der Waals surface area (Å²) in [5.41, 5.74) is 3.51. The Morgan fingerprint density at radius 2 is 1.82 bits per heavy atom. The van der Waals surface area contributed by atoms with Crippen LogP contribution in [0, 0.1) is 5.41 Å². The van der Waals surface area contributed by atoms with Crippen molar-refractivity contribution in [2.45, 2.75) is 40.5 Å². The van der Waals surface area contributed by atoms with Crippen LogP contribution in [0.5, 0.6) is 0 Å². The molecule has 1 aliphatic rings. The first-order chi connectivity index (χ1) is 5.11. The van der Waals surface area contributed by atoms with E-state index in [0.29, 0.717) is 5.41 Å². The van der Waals surface area contributed by atoms with Crippen molar-refractivity contribution in [1.82, 2.24) is 0 Å². The Kier molecular flexibility index (Phi) is 2.22. The summed E-state index contributed by atoms with van der Waals surface area (Å²) in [7, 11) is 0. The third kappa shape index (κ3) is 1.40. The second kappa shape index (κ2) is 2.84. The van der Waals surface area contributed by atoms with Crippen molar-refractivity contribution in [3.05, 3.63) is 23.3 Å². The summed E-state index contributed by atoms with van der Waals surface area (Å²) >= 11 is 0. The average molecular weight is 150 g/mol. The van der Waals surface area contributed by atoms with E-state index in [-0.39, 0.29) is 0 Å². The lowest BCUT2D eigenvalue weighted by Crippen LogP contribution is -2.08. The van der Waals surface area contributed by atoms with Gasteiger partial charge >= 0.3 is 0 Å². The molecule has 0 aromatic rings. The molecule has 0 heterocycles. The Labute approximate surface area is 70.0 Å². The molecule has 0 heteroatoms. The normalized spacial score (nSPS) is 21.5. The highest BCUT2D eigenvalue weighted by Crippen LogP contribution is 2.39. The fraction of sp³-hybridized carbons (Fsp3) is 0.636. The monoisotopic (exact) mass is 150 g/mol.